The number of rotatable bonds is 4. The summed E-state index contributed by atoms with van der Waals surface area (Å²) < 4.78 is 37.5. The molecule has 0 aliphatic rings. The minimum atomic E-state index is -4.09. The maximum atomic E-state index is 13.0. The number of carbonyl (C=O) groups is 1. The third-order valence-electron chi connectivity index (χ3n) is 1.54. The van der Waals surface area contributed by atoms with Crippen LogP contribution in [0, 0.1) is 5.82 Å². The molecule has 1 aromatic rings. The van der Waals surface area contributed by atoms with Gasteiger partial charge in [-0.05, 0) is 12.1 Å². The van der Waals surface area contributed by atoms with E-state index in [1.165, 1.54) is 12.1 Å². The maximum absolute atomic E-state index is 13.0. The van der Waals surface area contributed by atoms with Crippen LogP contribution >= 0.6 is 0 Å². The zero-order valence-corrected chi connectivity index (χ0v) is 8.29. The van der Waals surface area contributed by atoms with Crippen LogP contribution in [0.15, 0.2) is 29.2 Å². The van der Waals surface area contributed by atoms with Crippen molar-refractivity contribution in [2.24, 2.45) is 0 Å². The van der Waals surface area contributed by atoms with Crippen molar-refractivity contribution in [1.82, 2.24) is 4.72 Å². The van der Waals surface area contributed by atoms with E-state index in [-0.39, 0.29) is 0 Å². The summed E-state index contributed by atoms with van der Waals surface area (Å²) in [6.07, 6.45) is 0. The molecule has 15 heavy (non-hydrogen) atoms. The van der Waals surface area contributed by atoms with E-state index < -0.39 is 33.3 Å². The van der Waals surface area contributed by atoms with Crippen molar-refractivity contribution in [3.05, 3.63) is 30.1 Å². The summed E-state index contributed by atoms with van der Waals surface area (Å²) >= 11 is 0. The molecule has 2 N–H and O–H groups in total. The molecule has 0 radical (unpaired) electrons. The molecular formula is C8H8FNO4S. The van der Waals surface area contributed by atoms with Gasteiger partial charge in [0, 0.05) is 0 Å². The highest BCUT2D eigenvalue weighted by molar-refractivity contribution is 7.89. The van der Waals surface area contributed by atoms with Gasteiger partial charge in [0.05, 0.1) is 0 Å². The first-order chi connectivity index (χ1) is 6.93. The largest absolute Gasteiger partial charge is 0.480 e. The van der Waals surface area contributed by atoms with E-state index in [1.807, 2.05) is 0 Å². The van der Waals surface area contributed by atoms with Gasteiger partial charge in [-0.15, -0.1) is 0 Å². The fourth-order valence-corrected chi connectivity index (χ4v) is 1.95. The Morgan fingerprint density at radius 3 is 2.53 bits per heavy atom. The van der Waals surface area contributed by atoms with E-state index in [0.717, 1.165) is 12.1 Å². The van der Waals surface area contributed by atoms with E-state index in [9.17, 15) is 17.6 Å². The zero-order chi connectivity index (χ0) is 11.5. The zero-order valence-electron chi connectivity index (χ0n) is 7.47. The molecular weight excluding hydrogens is 225 g/mol. The van der Waals surface area contributed by atoms with Crippen molar-refractivity contribution >= 4 is 16.0 Å². The number of sulfonamides is 1. The smallest absolute Gasteiger partial charge is 0.318 e. The fraction of sp³-hybridized carbons (Fsp3) is 0.125. The molecule has 0 amide bonds. The van der Waals surface area contributed by atoms with Crippen molar-refractivity contribution in [3.63, 3.8) is 0 Å². The Labute approximate surface area is 85.6 Å². The molecule has 0 saturated heterocycles. The number of hydrogen-bond donors (Lipinski definition) is 2. The molecule has 0 spiro atoms. The van der Waals surface area contributed by atoms with Crippen LogP contribution in [0.5, 0.6) is 0 Å². The van der Waals surface area contributed by atoms with Gasteiger partial charge < -0.3 is 5.11 Å². The van der Waals surface area contributed by atoms with E-state index in [0.29, 0.717) is 0 Å². The molecule has 1 rings (SSSR count). The molecule has 0 aliphatic carbocycles. The number of halogens is 1. The molecule has 0 saturated carbocycles. The van der Waals surface area contributed by atoms with Gasteiger partial charge >= 0.3 is 5.97 Å². The summed E-state index contributed by atoms with van der Waals surface area (Å²) in [5, 5.41) is 8.27. The maximum Gasteiger partial charge on any atom is 0.318 e. The summed E-state index contributed by atoms with van der Waals surface area (Å²) in [5.41, 5.74) is 0. The molecule has 5 nitrogen and oxygen atoms in total. The summed E-state index contributed by atoms with van der Waals surface area (Å²) in [6.45, 7) is -0.781. The fourth-order valence-electron chi connectivity index (χ4n) is 0.897. The lowest BCUT2D eigenvalue weighted by molar-refractivity contribution is -0.135. The van der Waals surface area contributed by atoms with E-state index in [1.54, 1.807) is 4.72 Å². The highest BCUT2D eigenvalue weighted by Gasteiger charge is 2.18. The first-order valence-electron chi connectivity index (χ1n) is 3.89. The van der Waals surface area contributed by atoms with E-state index in [2.05, 4.69) is 0 Å². The number of aliphatic carboxylic acids is 1. The summed E-state index contributed by atoms with van der Waals surface area (Å²) in [4.78, 5) is 9.58. The topological polar surface area (TPSA) is 83.5 Å². The van der Waals surface area contributed by atoms with E-state index >= 15 is 0 Å². The van der Waals surface area contributed by atoms with E-state index in [4.69, 9.17) is 5.11 Å². The first-order valence-corrected chi connectivity index (χ1v) is 5.38. The Hall–Kier alpha value is -1.47. The van der Waals surface area contributed by atoms with Crippen LogP contribution < -0.4 is 4.72 Å². The van der Waals surface area contributed by atoms with Crippen molar-refractivity contribution in [2.45, 2.75) is 4.90 Å². The van der Waals surface area contributed by atoms with Crippen molar-refractivity contribution in [1.29, 1.82) is 0 Å². The molecule has 7 heteroatoms. The predicted molar refractivity (Wildman–Crippen MR) is 49.2 cm³/mol. The molecule has 0 atom stereocenters. The average Bonchev–Trinajstić information content (AvgIpc) is 2.15. The lowest BCUT2D eigenvalue weighted by atomic mass is 10.4. The number of carboxylic acids is 1. The SMILES string of the molecule is O=C(O)CNS(=O)(=O)c1ccccc1F. The van der Waals surface area contributed by atoms with Crippen molar-refractivity contribution < 1.29 is 22.7 Å². The average molecular weight is 233 g/mol. The van der Waals surface area contributed by atoms with Crippen LogP contribution in [0.3, 0.4) is 0 Å². The van der Waals surface area contributed by atoms with Gasteiger partial charge in [0.25, 0.3) is 0 Å². The third kappa shape index (κ3) is 3.00. The highest BCUT2D eigenvalue weighted by Crippen LogP contribution is 2.12. The minimum Gasteiger partial charge on any atom is -0.480 e. The number of nitrogens with one attached hydrogen (secondary N) is 1. The molecule has 0 fully saturated rings. The number of carboxylic acid groups (broad SMARTS) is 1. The van der Waals surface area contributed by atoms with Crippen molar-refractivity contribution in [3.8, 4) is 0 Å². The number of benzene rings is 1. The second-order valence-corrected chi connectivity index (χ2v) is 4.38. The highest BCUT2D eigenvalue weighted by atomic mass is 32.2. The van der Waals surface area contributed by atoms with Gasteiger partial charge in [0.15, 0.2) is 0 Å². The lowest BCUT2D eigenvalue weighted by Gasteiger charge is -2.04. The third-order valence-corrected chi connectivity index (χ3v) is 2.97. The second kappa shape index (κ2) is 4.37. The summed E-state index contributed by atoms with van der Waals surface area (Å²) in [6, 6.07) is 4.72. The molecule has 0 heterocycles. The van der Waals surface area contributed by atoms with Crippen LogP contribution in [-0.2, 0) is 14.8 Å². The molecule has 0 aromatic heterocycles. The standard InChI is InChI=1S/C8H8FNO4S/c9-6-3-1-2-4-7(6)15(13,14)10-5-8(11)12/h1-4,10H,5H2,(H,11,12). The quantitative estimate of drug-likeness (QED) is 0.777. The monoisotopic (exact) mass is 233 g/mol. The molecule has 0 bridgehead atoms. The van der Waals surface area contributed by atoms with Gasteiger partial charge in [-0.1, -0.05) is 12.1 Å². The Balaban J connectivity index is 2.97. The minimum absolute atomic E-state index is 0.564. The van der Waals surface area contributed by atoms with Crippen LogP contribution in [-0.4, -0.2) is 26.0 Å². The van der Waals surface area contributed by atoms with Gasteiger partial charge in [0.2, 0.25) is 10.0 Å². The van der Waals surface area contributed by atoms with Gasteiger partial charge in [-0.25, -0.2) is 12.8 Å². The Bertz CT molecular complexity index is 471. The van der Waals surface area contributed by atoms with Gasteiger partial charge in [0.1, 0.15) is 17.3 Å². The lowest BCUT2D eigenvalue weighted by Crippen LogP contribution is -2.29. The van der Waals surface area contributed by atoms with Crippen molar-refractivity contribution in [2.75, 3.05) is 6.54 Å². The summed E-state index contributed by atoms with van der Waals surface area (Å²) in [5.74, 6) is -2.26. The van der Waals surface area contributed by atoms with Crippen LogP contribution in [0.25, 0.3) is 0 Å². The van der Waals surface area contributed by atoms with Crippen LogP contribution in [0.1, 0.15) is 0 Å². The summed E-state index contributed by atoms with van der Waals surface area (Å²) in [7, 11) is -4.09. The predicted octanol–water partition coefficient (Wildman–Crippen LogP) is 0.189. The van der Waals surface area contributed by atoms with Gasteiger partial charge in [-0.2, -0.15) is 4.72 Å². The second-order valence-electron chi connectivity index (χ2n) is 2.65. The Kier molecular flexibility index (Phi) is 3.38. The molecule has 1 aromatic carbocycles. The Morgan fingerprint density at radius 1 is 1.40 bits per heavy atom. The van der Waals surface area contributed by atoms with Crippen LogP contribution in [0.4, 0.5) is 4.39 Å². The normalized spacial score (nSPS) is 11.3. The van der Waals surface area contributed by atoms with Crippen LogP contribution in [0.2, 0.25) is 0 Å². The number of hydrogen-bond acceptors (Lipinski definition) is 3. The molecule has 0 aliphatic heterocycles. The molecule has 0 unspecified atom stereocenters. The first kappa shape index (κ1) is 11.6. The molecule has 82 valence electrons. The van der Waals surface area contributed by atoms with Gasteiger partial charge in [-0.3, -0.25) is 4.79 Å². The Morgan fingerprint density at radius 2 is 2.00 bits per heavy atom.